The second kappa shape index (κ2) is 17.2. The smallest absolute Gasteiger partial charge is 0.414 e. The molecule has 114 valence electrons. The summed E-state index contributed by atoms with van der Waals surface area (Å²) in [7, 11) is 0. The minimum atomic E-state index is -1.82. The molecule has 0 atom stereocenters. The first-order valence-electron chi connectivity index (χ1n) is 3.32. The van der Waals surface area contributed by atoms with Crippen molar-refractivity contribution < 1.29 is 102 Å². The largest absolute Gasteiger partial charge is 0.473 e. The molecule has 0 saturated heterocycles. The Kier molecular flexibility index (Phi) is 26.6. The standard InChI is InChI=1S/3C2H2O4.2Mo/c3*3-1(4)2(5)6;;/h3*(H,3,4)(H,5,6);;. The second-order valence-corrected chi connectivity index (χ2v) is 1.83. The van der Waals surface area contributed by atoms with Crippen LogP contribution in [0.1, 0.15) is 0 Å². The van der Waals surface area contributed by atoms with Crippen molar-refractivity contribution >= 4 is 35.8 Å². The Balaban J connectivity index is -0.0000000536. The molecule has 0 aliphatic heterocycles. The molecule has 0 heterocycles. The predicted molar refractivity (Wildman–Crippen MR) is 45.8 cm³/mol. The van der Waals surface area contributed by atoms with Gasteiger partial charge >= 0.3 is 35.8 Å². The number of aliphatic carboxylic acids is 6. The van der Waals surface area contributed by atoms with E-state index in [0.717, 1.165) is 0 Å². The summed E-state index contributed by atoms with van der Waals surface area (Å²) in [5, 5.41) is 44.3. The summed E-state index contributed by atoms with van der Waals surface area (Å²) < 4.78 is 0. The zero-order chi connectivity index (χ0) is 15.5. The molecule has 0 aromatic carbocycles. The molecule has 0 aliphatic rings. The third-order valence-corrected chi connectivity index (χ3v) is 0.549. The fourth-order valence-electron chi connectivity index (χ4n) is 0. The molecule has 20 heavy (non-hydrogen) atoms. The number of hydrogen-bond acceptors (Lipinski definition) is 6. The molecular weight excluding hydrogens is 456 g/mol. The maximum atomic E-state index is 9.10. The van der Waals surface area contributed by atoms with Crippen molar-refractivity contribution in [1.82, 2.24) is 0 Å². The van der Waals surface area contributed by atoms with Gasteiger partial charge in [-0.2, -0.15) is 0 Å². The molecule has 0 fully saturated rings. The van der Waals surface area contributed by atoms with Crippen molar-refractivity contribution in [2.75, 3.05) is 0 Å². The first-order valence-corrected chi connectivity index (χ1v) is 3.32. The summed E-state index contributed by atoms with van der Waals surface area (Å²) in [6.07, 6.45) is 0. The van der Waals surface area contributed by atoms with Gasteiger partial charge in [-0.25, -0.2) is 28.8 Å². The zero-order valence-electron chi connectivity index (χ0n) is 8.95. The van der Waals surface area contributed by atoms with Gasteiger partial charge in [0, 0.05) is 42.1 Å². The van der Waals surface area contributed by atoms with Gasteiger partial charge in [0.2, 0.25) is 0 Å². The average Bonchev–Trinajstić information content (AvgIpc) is 2.18. The van der Waals surface area contributed by atoms with Gasteiger partial charge in [-0.05, 0) is 0 Å². The minimum absolute atomic E-state index is 0. The first kappa shape index (κ1) is 30.9. The fourth-order valence-corrected chi connectivity index (χ4v) is 0. The molecule has 0 aromatic rings. The molecule has 0 unspecified atom stereocenters. The Morgan fingerprint density at radius 3 is 0.400 bits per heavy atom. The summed E-state index contributed by atoms with van der Waals surface area (Å²) in [5.74, 6) is -10.9. The van der Waals surface area contributed by atoms with E-state index < -0.39 is 35.8 Å². The van der Waals surface area contributed by atoms with Gasteiger partial charge in [0.1, 0.15) is 0 Å². The van der Waals surface area contributed by atoms with Gasteiger partial charge in [-0.3, -0.25) is 0 Å². The van der Waals surface area contributed by atoms with Crippen LogP contribution < -0.4 is 0 Å². The zero-order valence-corrected chi connectivity index (χ0v) is 13.0. The molecule has 0 aliphatic carbocycles. The molecule has 6 N–H and O–H groups in total. The van der Waals surface area contributed by atoms with Gasteiger partial charge in [-0.1, -0.05) is 0 Å². The number of carboxylic acids is 6. The summed E-state index contributed by atoms with van der Waals surface area (Å²) >= 11 is 0. The van der Waals surface area contributed by atoms with Crippen molar-refractivity contribution in [2.24, 2.45) is 0 Å². The van der Waals surface area contributed by atoms with Crippen LogP contribution in [0.3, 0.4) is 0 Å². The van der Waals surface area contributed by atoms with Crippen molar-refractivity contribution in [3.8, 4) is 0 Å². The van der Waals surface area contributed by atoms with Crippen LogP contribution in [0.5, 0.6) is 0 Å². The van der Waals surface area contributed by atoms with Crippen molar-refractivity contribution in [3.05, 3.63) is 0 Å². The fraction of sp³-hybridized carbons (Fsp3) is 0. The van der Waals surface area contributed by atoms with E-state index in [-0.39, 0.29) is 42.1 Å². The molecule has 0 radical (unpaired) electrons. The van der Waals surface area contributed by atoms with E-state index in [1.54, 1.807) is 0 Å². The van der Waals surface area contributed by atoms with Crippen LogP contribution in [-0.4, -0.2) is 66.5 Å². The average molecular weight is 462 g/mol. The van der Waals surface area contributed by atoms with Crippen LogP contribution >= 0.6 is 0 Å². The van der Waals surface area contributed by atoms with Gasteiger partial charge < -0.3 is 30.6 Å². The van der Waals surface area contributed by atoms with Gasteiger partial charge in [0.15, 0.2) is 0 Å². The van der Waals surface area contributed by atoms with Crippen LogP contribution in [0.25, 0.3) is 0 Å². The van der Waals surface area contributed by atoms with Crippen molar-refractivity contribution in [2.45, 2.75) is 0 Å². The molecule has 0 aromatic heterocycles. The molecule has 0 saturated carbocycles. The molecule has 0 amide bonds. The van der Waals surface area contributed by atoms with Crippen LogP contribution in [0.4, 0.5) is 0 Å². The van der Waals surface area contributed by atoms with Crippen LogP contribution in [0.2, 0.25) is 0 Å². The van der Waals surface area contributed by atoms with E-state index in [0.29, 0.717) is 0 Å². The topological polar surface area (TPSA) is 224 Å². The number of carboxylic acid groups (broad SMARTS) is 6. The normalized spacial score (nSPS) is 6.60. The van der Waals surface area contributed by atoms with Gasteiger partial charge in [-0.15, -0.1) is 0 Å². The Bertz CT molecular complexity index is 281. The summed E-state index contributed by atoms with van der Waals surface area (Å²) in [4.78, 5) is 54.6. The number of hydrogen-bond donors (Lipinski definition) is 6. The summed E-state index contributed by atoms with van der Waals surface area (Å²) in [6.45, 7) is 0. The van der Waals surface area contributed by atoms with E-state index >= 15 is 0 Å². The first-order chi connectivity index (χ1) is 7.93. The maximum absolute atomic E-state index is 9.10. The molecular formula is C6H6Mo2O12. The summed E-state index contributed by atoms with van der Waals surface area (Å²) in [5.41, 5.74) is 0. The molecule has 0 spiro atoms. The number of carbonyl (C=O) groups is 6. The van der Waals surface area contributed by atoms with E-state index in [1.807, 2.05) is 0 Å². The minimum Gasteiger partial charge on any atom is -0.473 e. The van der Waals surface area contributed by atoms with Crippen LogP contribution in [-0.2, 0) is 70.9 Å². The Labute approximate surface area is 137 Å². The quantitative estimate of drug-likeness (QED) is 0.162. The molecule has 12 nitrogen and oxygen atoms in total. The Hall–Kier alpha value is -1.80. The summed E-state index contributed by atoms with van der Waals surface area (Å²) in [6, 6.07) is 0. The van der Waals surface area contributed by atoms with Crippen LogP contribution in [0, 0.1) is 0 Å². The van der Waals surface area contributed by atoms with Crippen molar-refractivity contribution in [1.29, 1.82) is 0 Å². The van der Waals surface area contributed by atoms with Crippen molar-refractivity contribution in [3.63, 3.8) is 0 Å². The van der Waals surface area contributed by atoms with Gasteiger partial charge in [0.05, 0.1) is 0 Å². The van der Waals surface area contributed by atoms with E-state index in [2.05, 4.69) is 0 Å². The molecule has 14 heteroatoms. The van der Waals surface area contributed by atoms with Crippen LogP contribution in [0.15, 0.2) is 0 Å². The molecule has 0 bridgehead atoms. The van der Waals surface area contributed by atoms with Gasteiger partial charge in [0.25, 0.3) is 0 Å². The Morgan fingerprint density at radius 2 is 0.400 bits per heavy atom. The third-order valence-electron chi connectivity index (χ3n) is 0.549. The Morgan fingerprint density at radius 1 is 0.350 bits per heavy atom. The van der Waals surface area contributed by atoms with E-state index in [4.69, 9.17) is 59.4 Å². The predicted octanol–water partition coefficient (Wildman–Crippen LogP) is -2.54. The molecule has 0 rings (SSSR count). The van der Waals surface area contributed by atoms with E-state index in [1.165, 1.54) is 0 Å². The number of rotatable bonds is 0. The SMILES string of the molecule is O=C(O)C(=O)O.O=C(O)C(=O)O.O=C(O)C(=O)O.[Mo].[Mo]. The maximum Gasteiger partial charge on any atom is 0.414 e. The second-order valence-electron chi connectivity index (χ2n) is 1.83. The van der Waals surface area contributed by atoms with E-state index in [9.17, 15) is 0 Å². The monoisotopic (exact) mass is 466 g/mol. The third kappa shape index (κ3) is 36.0.